The van der Waals surface area contributed by atoms with E-state index < -0.39 is 6.61 Å². The summed E-state index contributed by atoms with van der Waals surface area (Å²) in [6, 6.07) is 7.21. The number of rotatable bonds is 10. The molecule has 2 rings (SSSR count). The Bertz CT molecular complexity index is 453. The molecule has 1 aliphatic rings. The van der Waals surface area contributed by atoms with Gasteiger partial charge in [0.05, 0.1) is 0 Å². The molecule has 0 unspecified atom stereocenters. The molecule has 1 saturated carbocycles. The Labute approximate surface area is 145 Å². The first-order valence-corrected chi connectivity index (χ1v) is 9.71. The van der Waals surface area contributed by atoms with Crippen molar-refractivity contribution in [2.75, 3.05) is 0 Å². The molecular formula is C21H32F2O. The van der Waals surface area contributed by atoms with Crippen LogP contribution in [0.3, 0.4) is 0 Å². The molecule has 0 spiro atoms. The Morgan fingerprint density at radius 3 is 2.42 bits per heavy atom. The van der Waals surface area contributed by atoms with E-state index in [9.17, 15) is 8.78 Å². The number of alkyl halides is 2. The summed E-state index contributed by atoms with van der Waals surface area (Å²) < 4.78 is 29.1. The minimum Gasteiger partial charge on any atom is -0.435 e. The monoisotopic (exact) mass is 338 g/mol. The smallest absolute Gasteiger partial charge is 0.387 e. The van der Waals surface area contributed by atoms with E-state index >= 15 is 0 Å². The molecule has 0 radical (unpaired) electrons. The summed E-state index contributed by atoms with van der Waals surface area (Å²) in [5.41, 5.74) is 1.12. The molecule has 1 aliphatic carbocycles. The van der Waals surface area contributed by atoms with Crippen molar-refractivity contribution in [1.29, 1.82) is 0 Å². The van der Waals surface area contributed by atoms with Crippen molar-refractivity contribution in [1.82, 2.24) is 0 Å². The zero-order chi connectivity index (χ0) is 17.2. The second-order valence-electron chi connectivity index (χ2n) is 7.32. The first-order valence-electron chi connectivity index (χ1n) is 9.71. The van der Waals surface area contributed by atoms with Gasteiger partial charge in [0.2, 0.25) is 0 Å². The fourth-order valence-electron chi connectivity index (χ4n) is 3.94. The molecule has 0 N–H and O–H groups in total. The third-order valence-electron chi connectivity index (χ3n) is 5.33. The lowest BCUT2D eigenvalue weighted by Crippen LogP contribution is -2.16. The van der Waals surface area contributed by atoms with Gasteiger partial charge in [0, 0.05) is 0 Å². The Balaban J connectivity index is 1.67. The van der Waals surface area contributed by atoms with Gasteiger partial charge in [-0.05, 0) is 48.8 Å². The lowest BCUT2D eigenvalue weighted by molar-refractivity contribution is -0.0498. The van der Waals surface area contributed by atoms with Crippen LogP contribution in [0.5, 0.6) is 5.75 Å². The maximum Gasteiger partial charge on any atom is 0.387 e. The van der Waals surface area contributed by atoms with Gasteiger partial charge in [-0.15, -0.1) is 0 Å². The number of halogens is 2. The van der Waals surface area contributed by atoms with Crippen LogP contribution in [-0.4, -0.2) is 6.61 Å². The van der Waals surface area contributed by atoms with Crippen molar-refractivity contribution in [3.05, 3.63) is 29.8 Å². The molecule has 1 aromatic rings. The van der Waals surface area contributed by atoms with E-state index in [0.29, 0.717) is 5.92 Å². The number of benzene rings is 1. The number of hydrogen-bond acceptors (Lipinski definition) is 1. The van der Waals surface area contributed by atoms with Crippen LogP contribution < -0.4 is 4.74 Å². The lowest BCUT2D eigenvalue weighted by atomic mass is 9.77. The molecule has 0 atom stereocenters. The van der Waals surface area contributed by atoms with E-state index in [1.165, 1.54) is 64.2 Å². The highest BCUT2D eigenvalue weighted by Gasteiger charge is 2.21. The summed E-state index contributed by atoms with van der Waals surface area (Å²) in [4.78, 5) is 0. The molecule has 0 heterocycles. The molecule has 0 aliphatic heterocycles. The van der Waals surface area contributed by atoms with E-state index in [0.717, 1.165) is 17.9 Å². The lowest BCUT2D eigenvalue weighted by Gasteiger charge is -2.28. The van der Waals surface area contributed by atoms with Crippen molar-refractivity contribution >= 4 is 0 Å². The van der Waals surface area contributed by atoms with Gasteiger partial charge in [-0.1, -0.05) is 70.4 Å². The summed E-state index contributed by atoms with van der Waals surface area (Å²) in [6.07, 6.45) is 14.5. The maximum absolute atomic E-state index is 12.3. The minimum atomic E-state index is -2.74. The van der Waals surface area contributed by atoms with Crippen LogP contribution in [0.1, 0.15) is 76.7 Å². The van der Waals surface area contributed by atoms with E-state index in [4.69, 9.17) is 0 Å². The molecule has 24 heavy (non-hydrogen) atoms. The van der Waals surface area contributed by atoms with Crippen LogP contribution in [0.4, 0.5) is 8.78 Å². The zero-order valence-electron chi connectivity index (χ0n) is 15.0. The highest BCUT2D eigenvalue weighted by Crippen LogP contribution is 2.34. The summed E-state index contributed by atoms with van der Waals surface area (Å²) in [5, 5.41) is 0. The van der Waals surface area contributed by atoms with Crippen LogP contribution >= 0.6 is 0 Å². The summed E-state index contributed by atoms with van der Waals surface area (Å²) in [5.74, 6) is 1.89. The van der Waals surface area contributed by atoms with Gasteiger partial charge in [-0.2, -0.15) is 8.78 Å². The summed E-state index contributed by atoms with van der Waals surface area (Å²) in [7, 11) is 0. The third kappa shape index (κ3) is 7.19. The molecule has 0 aromatic heterocycles. The van der Waals surface area contributed by atoms with Gasteiger partial charge in [0.15, 0.2) is 0 Å². The fraction of sp³-hybridized carbons (Fsp3) is 0.714. The maximum atomic E-state index is 12.3. The van der Waals surface area contributed by atoms with Gasteiger partial charge in [-0.25, -0.2) is 0 Å². The van der Waals surface area contributed by atoms with Gasteiger partial charge < -0.3 is 4.74 Å². The molecule has 1 nitrogen and oxygen atoms in total. The standard InChI is InChI=1S/C21H32F2O/c1-2-3-4-5-6-8-17-11-13-18(14-12-17)15-19-9-7-10-20(16-19)24-21(22)23/h7,9-10,16-18,21H,2-6,8,11-15H2,1H3. The molecule has 0 bridgehead atoms. The molecule has 1 fully saturated rings. The van der Waals surface area contributed by atoms with Crippen molar-refractivity contribution in [3.63, 3.8) is 0 Å². The number of unbranched alkanes of at least 4 members (excludes halogenated alkanes) is 4. The van der Waals surface area contributed by atoms with Crippen LogP contribution in [0.15, 0.2) is 24.3 Å². The normalized spacial score (nSPS) is 21.2. The molecule has 136 valence electrons. The largest absolute Gasteiger partial charge is 0.435 e. The third-order valence-corrected chi connectivity index (χ3v) is 5.33. The quantitative estimate of drug-likeness (QED) is 0.417. The Morgan fingerprint density at radius 2 is 1.71 bits per heavy atom. The Morgan fingerprint density at radius 1 is 1.00 bits per heavy atom. The van der Waals surface area contributed by atoms with Crippen molar-refractivity contribution in [2.45, 2.75) is 84.2 Å². The highest BCUT2D eigenvalue weighted by atomic mass is 19.3. The molecule has 0 saturated heterocycles. The minimum absolute atomic E-state index is 0.281. The fourth-order valence-corrected chi connectivity index (χ4v) is 3.94. The predicted molar refractivity (Wildman–Crippen MR) is 95.6 cm³/mol. The molecule has 3 heteroatoms. The first kappa shape index (κ1) is 19.2. The highest BCUT2D eigenvalue weighted by molar-refractivity contribution is 5.28. The van der Waals surface area contributed by atoms with Gasteiger partial charge in [-0.3, -0.25) is 0 Å². The first-order chi connectivity index (χ1) is 11.7. The number of hydrogen-bond donors (Lipinski definition) is 0. The van der Waals surface area contributed by atoms with E-state index in [2.05, 4.69) is 11.7 Å². The van der Waals surface area contributed by atoms with Gasteiger partial charge >= 0.3 is 6.61 Å². The van der Waals surface area contributed by atoms with Crippen molar-refractivity contribution < 1.29 is 13.5 Å². The molecule has 0 amide bonds. The van der Waals surface area contributed by atoms with E-state index in [-0.39, 0.29) is 5.75 Å². The Hall–Kier alpha value is -1.12. The van der Waals surface area contributed by atoms with Crippen molar-refractivity contribution in [3.8, 4) is 5.75 Å². The molecule has 1 aromatic carbocycles. The average Bonchev–Trinajstić information content (AvgIpc) is 2.56. The predicted octanol–water partition coefficient (Wildman–Crippen LogP) is 7.00. The van der Waals surface area contributed by atoms with Crippen LogP contribution in [0, 0.1) is 11.8 Å². The second kappa shape index (κ2) is 10.7. The average molecular weight is 338 g/mol. The topological polar surface area (TPSA) is 9.23 Å². The second-order valence-corrected chi connectivity index (χ2v) is 7.32. The van der Waals surface area contributed by atoms with E-state index in [1.54, 1.807) is 12.1 Å². The van der Waals surface area contributed by atoms with Gasteiger partial charge in [0.1, 0.15) is 5.75 Å². The van der Waals surface area contributed by atoms with Crippen LogP contribution in [0.2, 0.25) is 0 Å². The van der Waals surface area contributed by atoms with Crippen LogP contribution in [-0.2, 0) is 6.42 Å². The van der Waals surface area contributed by atoms with E-state index in [1.807, 2.05) is 12.1 Å². The van der Waals surface area contributed by atoms with Crippen molar-refractivity contribution in [2.24, 2.45) is 11.8 Å². The molecular weight excluding hydrogens is 306 g/mol. The summed E-state index contributed by atoms with van der Waals surface area (Å²) in [6.45, 7) is -0.482. The Kier molecular flexibility index (Phi) is 8.55. The SMILES string of the molecule is CCCCCCCC1CCC(Cc2cccc(OC(F)F)c2)CC1. The van der Waals surface area contributed by atoms with Crippen LogP contribution in [0.25, 0.3) is 0 Å². The van der Waals surface area contributed by atoms with Gasteiger partial charge in [0.25, 0.3) is 0 Å². The number of ether oxygens (including phenoxy) is 1. The zero-order valence-corrected chi connectivity index (χ0v) is 15.0. The summed E-state index contributed by atoms with van der Waals surface area (Å²) >= 11 is 0.